The van der Waals surface area contributed by atoms with E-state index in [-0.39, 0.29) is 0 Å². The molecule has 1 aliphatic rings. The number of carbonyl (C=O) groups is 1. The molecule has 0 amide bonds. The minimum Gasteiger partial charge on any atom is -0.297 e. The molecular weight excluding hydrogens is 220 g/mol. The van der Waals surface area contributed by atoms with Crippen molar-refractivity contribution in [2.75, 3.05) is 0 Å². The van der Waals surface area contributed by atoms with Crippen molar-refractivity contribution >= 4 is 17.6 Å². The van der Waals surface area contributed by atoms with Crippen molar-refractivity contribution in [3.05, 3.63) is 28.3 Å². The maximum atomic E-state index is 10.7. The van der Waals surface area contributed by atoms with E-state index in [1.54, 1.807) is 0 Å². The van der Waals surface area contributed by atoms with Crippen molar-refractivity contribution in [1.82, 2.24) is 10.2 Å². The first-order chi connectivity index (χ1) is 7.88. The fraction of sp³-hybridized carbons (Fsp3) is 0.333. The molecule has 2 heterocycles. The van der Waals surface area contributed by atoms with Crippen LogP contribution in [0.3, 0.4) is 0 Å². The molecule has 3 nitrogen and oxygen atoms in total. The Balaban J connectivity index is 2.05. The first kappa shape index (κ1) is 9.78. The summed E-state index contributed by atoms with van der Waals surface area (Å²) in [6.45, 7) is 0. The van der Waals surface area contributed by atoms with E-state index in [0.717, 1.165) is 34.6 Å². The number of carbonyl (C=O) groups excluding carboxylic acids is 1. The van der Waals surface area contributed by atoms with Crippen LogP contribution in [0.4, 0.5) is 0 Å². The Labute approximate surface area is 97.5 Å². The summed E-state index contributed by atoms with van der Waals surface area (Å²) >= 11 is 1.51. The molecule has 2 aromatic rings. The van der Waals surface area contributed by atoms with Gasteiger partial charge in [0.15, 0.2) is 6.29 Å². The van der Waals surface area contributed by atoms with Crippen LogP contribution in [0.2, 0.25) is 0 Å². The van der Waals surface area contributed by atoms with E-state index in [1.807, 2.05) is 12.1 Å². The van der Waals surface area contributed by atoms with Gasteiger partial charge in [0.1, 0.15) is 5.69 Å². The van der Waals surface area contributed by atoms with Crippen LogP contribution in [0.1, 0.15) is 33.8 Å². The fourth-order valence-corrected chi connectivity index (χ4v) is 3.07. The average Bonchev–Trinajstić information content (AvgIpc) is 2.94. The zero-order valence-corrected chi connectivity index (χ0v) is 9.64. The highest BCUT2D eigenvalue weighted by atomic mass is 32.1. The van der Waals surface area contributed by atoms with Crippen LogP contribution >= 0.6 is 11.3 Å². The highest BCUT2D eigenvalue weighted by Crippen LogP contribution is 2.33. The van der Waals surface area contributed by atoms with Crippen molar-refractivity contribution in [2.24, 2.45) is 0 Å². The Bertz CT molecular complexity index is 527. The third-order valence-corrected chi connectivity index (χ3v) is 4.05. The van der Waals surface area contributed by atoms with Gasteiger partial charge >= 0.3 is 0 Å². The maximum Gasteiger partial charge on any atom is 0.160 e. The number of aromatic nitrogens is 2. The maximum absolute atomic E-state index is 10.7. The van der Waals surface area contributed by atoms with Gasteiger partial charge in [-0.05, 0) is 37.8 Å². The van der Waals surface area contributed by atoms with Crippen molar-refractivity contribution in [3.63, 3.8) is 0 Å². The van der Waals surface area contributed by atoms with E-state index in [1.165, 1.54) is 35.4 Å². The van der Waals surface area contributed by atoms with Gasteiger partial charge in [0, 0.05) is 11.3 Å². The van der Waals surface area contributed by atoms with Gasteiger partial charge in [-0.2, -0.15) is 5.10 Å². The van der Waals surface area contributed by atoms with Gasteiger partial charge in [0.25, 0.3) is 0 Å². The number of hydrogen-bond acceptors (Lipinski definition) is 3. The molecule has 0 spiro atoms. The molecule has 0 atom stereocenters. The molecule has 3 rings (SSSR count). The fourth-order valence-electron chi connectivity index (χ4n) is 2.23. The molecule has 0 saturated carbocycles. The standard InChI is InChI=1S/C12H12N2OS/c15-7-8-5-6-11(16-8)12-9-3-1-2-4-10(9)13-14-12/h5-7H,1-4H2,(H,13,14). The molecule has 82 valence electrons. The third-order valence-electron chi connectivity index (χ3n) is 3.03. The lowest BCUT2D eigenvalue weighted by Crippen LogP contribution is -2.00. The van der Waals surface area contributed by atoms with E-state index in [9.17, 15) is 4.79 Å². The SMILES string of the molecule is O=Cc1ccc(-c2n[nH]c3c2CCCC3)s1. The molecule has 4 heteroatoms. The first-order valence-electron chi connectivity index (χ1n) is 5.50. The summed E-state index contributed by atoms with van der Waals surface area (Å²) in [6, 6.07) is 3.84. The van der Waals surface area contributed by atoms with Crippen molar-refractivity contribution in [3.8, 4) is 10.6 Å². The monoisotopic (exact) mass is 232 g/mol. The van der Waals surface area contributed by atoms with Crippen molar-refractivity contribution in [2.45, 2.75) is 25.7 Å². The molecular formula is C12H12N2OS. The third kappa shape index (κ3) is 1.50. The van der Waals surface area contributed by atoms with Crippen LogP contribution in [0, 0.1) is 0 Å². The first-order valence-corrected chi connectivity index (χ1v) is 6.31. The topological polar surface area (TPSA) is 45.8 Å². The van der Waals surface area contributed by atoms with Crippen molar-refractivity contribution in [1.29, 1.82) is 0 Å². The Hall–Kier alpha value is -1.42. The minimum atomic E-state index is 0.766. The van der Waals surface area contributed by atoms with E-state index in [4.69, 9.17) is 0 Å². The van der Waals surface area contributed by atoms with Crippen LogP contribution in [0.15, 0.2) is 12.1 Å². The number of aldehydes is 1. The molecule has 0 bridgehead atoms. The number of aromatic amines is 1. The summed E-state index contributed by atoms with van der Waals surface area (Å²) in [4.78, 5) is 12.5. The molecule has 0 fully saturated rings. The van der Waals surface area contributed by atoms with Gasteiger partial charge in [-0.15, -0.1) is 11.3 Å². The molecule has 0 unspecified atom stereocenters. The molecule has 0 aliphatic heterocycles. The predicted molar refractivity (Wildman–Crippen MR) is 63.9 cm³/mol. The zero-order valence-electron chi connectivity index (χ0n) is 8.82. The molecule has 0 aromatic carbocycles. The van der Waals surface area contributed by atoms with E-state index >= 15 is 0 Å². The molecule has 16 heavy (non-hydrogen) atoms. The Morgan fingerprint density at radius 3 is 3.00 bits per heavy atom. The quantitative estimate of drug-likeness (QED) is 0.809. The highest BCUT2D eigenvalue weighted by molar-refractivity contribution is 7.17. The summed E-state index contributed by atoms with van der Waals surface area (Å²) in [5.74, 6) is 0. The molecule has 1 aliphatic carbocycles. The highest BCUT2D eigenvalue weighted by Gasteiger charge is 2.18. The molecule has 1 N–H and O–H groups in total. The smallest absolute Gasteiger partial charge is 0.160 e. The summed E-state index contributed by atoms with van der Waals surface area (Å²) in [6.07, 6.45) is 5.60. The minimum absolute atomic E-state index is 0.766. The molecule has 0 radical (unpaired) electrons. The lowest BCUT2D eigenvalue weighted by Gasteiger charge is -2.10. The number of thiophene rings is 1. The van der Waals surface area contributed by atoms with Gasteiger partial charge < -0.3 is 0 Å². The number of nitrogens with zero attached hydrogens (tertiary/aromatic N) is 1. The second-order valence-corrected chi connectivity index (χ2v) is 5.17. The number of fused-ring (bicyclic) bond motifs is 1. The van der Waals surface area contributed by atoms with Crippen LogP contribution in [-0.2, 0) is 12.8 Å². The van der Waals surface area contributed by atoms with Gasteiger partial charge in [-0.1, -0.05) is 0 Å². The van der Waals surface area contributed by atoms with Crippen LogP contribution < -0.4 is 0 Å². The number of nitrogens with one attached hydrogen (secondary N) is 1. The Kier molecular flexibility index (Phi) is 2.36. The van der Waals surface area contributed by atoms with Gasteiger partial charge in [0.2, 0.25) is 0 Å². The Morgan fingerprint density at radius 1 is 1.31 bits per heavy atom. The summed E-state index contributed by atoms with van der Waals surface area (Å²) in [5.41, 5.74) is 3.68. The second-order valence-electron chi connectivity index (χ2n) is 4.06. The van der Waals surface area contributed by atoms with Crippen LogP contribution in [0.5, 0.6) is 0 Å². The lowest BCUT2D eigenvalue weighted by atomic mass is 9.95. The van der Waals surface area contributed by atoms with Crippen LogP contribution in [0.25, 0.3) is 10.6 Å². The second kappa shape index (κ2) is 3.87. The predicted octanol–water partition coefficient (Wildman–Crippen LogP) is 2.83. The molecule has 0 saturated heterocycles. The lowest BCUT2D eigenvalue weighted by molar-refractivity contribution is 0.112. The summed E-state index contributed by atoms with van der Waals surface area (Å²) in [5, 5.41) is 7.51. The van der Waals surface area contributed by atoms with E-state index < -0.39 is 0 Å². The zero-order chi connectivity index (χ0) is 11.0. The normalized spacial score (nSPS) is 14.8. The number of hydrogen-bond donors (Lipinski definition) is 1. The van der Waals surface area contributed by atoms with Gasteiger partial charge in [-0.3, -0.25) is 9.89 Å². The molecule has 2 aromatic heterocycles. The number of H-pyrrole nitrogens is 1. The van der Waals surface area contributed by atoms with Gasteiger partial charge in [0.05, 0.1) is 9.75 Å². The van der Waals surface area contributed by atoms with E-state index in [2.05, 4.69) is 10.2 Å². The van der Waals surface area contributed by atoms with Crippen molar-refractivity contribution < 1.29 is 4.79 Å². The number of aryl methyl sites for hydroxylation is 1. The van der Waals surface area contributed by atoms with Gasteiger partial charge in [-0.25, -0.2) is 0 Å². The largest absolute Gasteiger partial charge is 0.297 e. The summed E-state index contributed by atoms with van der Waals surface area (Å²) < 4.78 is 0. The summed E-state index contributed by atoms with van der Waals surface area (Å²) in [7, 11) is 0. The van der Waals surface area contributed by atoms with E-state index in [0.29, 0.717) is 0 Å². The van der Waals surface area contributed by atoms with Crippen LogP contribution in [-0.4, -0.2) is 16.5 Å². The average molecular weight is 232 g/mol. The number of rotatable bonds is 2. The Morgan fingerprint density at radius 2 is 2.19 bits per heavy atom.